The van der Waals surface area contributed by atoms with Crippen molar-refractivity contribution in [1.29, 1.82) is 0 Å². The number of unbranched alkanes of at least 4 members (excludes halogenated alkanes) is 11. The van der Waals surface area contributed by atoms with Gasteiger partial charge < -0.3 is 26.0 Å². The van der Waals surface area contributed by atoms with E-state index in [0.717, 1.165) is 99.7 Å². The number of nitrogens with zero attached hydrogens (tertiary/aromatic N) is 1. The number of carbonyl (C=O) groups excluding carboxylic acids is 3. The highest BCUT2D eigenvalue weighted by atomic mass is 16.6. The van der Waals surface area contributed by atoms with Crippen molar-refractivity contribution in [3.05, 3.63) is 11.6 Å². The molecule has 0 bridgehead atoms. The van der Waals surface area contributed by atoms with E-state index in [2.05, 4.69) is 58.3 Å². The van der Waals surface area contributed by atoms with Crippen LogP contribution in [0.5, 0.6) is 0 Å². The summed E-state index contributed by atoms with van der Waals surface area (Å²) in [7, 11) is 0. The van der Waals surface area contributed by atoms with Gasteiger partial charge in [0, 0.05) is 32.5 Å². The molecule has 0 unspecified atom stereocenters. The van der Waals surface area contributed by atoms with E-state index in [1.807, 2.05) is 0 Å². The molecule has 4 rings (SSSR count). The van der Waals surface area contributed by atoms with Crippen LogP contribution >= 0.6 is 0 Å². The quantitative estimate of drug-likeness (QED) is 0.0537. The van der Waals surface area contributed by atoms with Gasteiger partial charge in [-0.05, 0) is 124 Å². The lowest BCUT2D eigenvalue weighted by atomic mass is 9.47. The van der Waals surface area contributed by atoms with Crippen molar-refractivity contribution in [2.75, 3.05) is 32.7 Å². The van der Waals surface area contributed by atoms with Gasteiger partial charge in [0.05, 0.1) is 6.54 Å². The molecule has 8 nitrogen and oxygen atoms in total. The Labute approximate surface area is 362 Å². The Kier molecular flexibility index (Phi) is 21.6. The van der Waals surface area contributed by atoms with Crippen LogP contribution in [0.1, 0.15) is 208 Å². The van der Waals surface area contributed by atoms with Crippen LogP contribution in [-0.4, -0.2) is 61.6 Å². The molecule has 0 aromatic carbocycles. The zero-order valence-electron chi connectivity index (χ0n) is 39.2. The molecule has 3 fully saturated rings. The Morgan fingerprint density at radius 1 is 0.797 bits per heavy atom. The fraction of sp³-hybridized carbons (Fsp3) is 0.902. The van der Waals surface area contributed by atoms with Crippen LogP contribution < -0.4 is 16.4 Å². The highest BCUT2D eigenvalue weighted by Gasteiger charge is 2.59. The van der Waals surface area contributed by atoms with Crippen molar-refractivity contribution in [2.45, 2.75) is 215 Å². The third kappa shape index (κ3) is 15.0. The molecule has 0 heterocycles. The second-order valence-electron chi connectivity index (χ2n) is 20.8. The number of ether oxygens (including phenoxy) is 1. The van der Waals surface area contributed by atoms with E-state index in [1.165, 1.54) is 95.5 Å². The molecule has 4 N–H and O–H groups in total. The minimum atomic E-state index is -0.360. The van der Waals surface area contributed by atoms with Crippen LogP contribution in [0.3, 0.4) is 0 Å². The third-order valence-electron chi connectivity index (χ3n) is 16.0. The topological polar surface area (TPSA) is 114 Å². The summed E-state index contributed by atoms with van der Waals surface area (Å²) in [5.74, 6) is 4.83. The summed E-state index contributed by atoms with van der Waals surface area (Å²) in [5, 5.41) is 5.99. The highest BCUT2D eigenvalue weighted by molar-refractivity contribution is 5.84. The molecular weight excluding hydrogens is 733 g/mol. The summed E-state index contributed by atoms with van der Waals surface area (Å²) in [4.78, 5) is 41.0. The molecule has 3 amide bonds. The number of hydrogen-bond donors (Lipinski definition) is 3. The predicted octanol–water partition coefficient (Wildman–Crippen LogP) is 11.9. The van der Waals surface area contributed by atoms with Gasteiger partial charge in [-0.25, -0.2) is 4.79 Å². The van der Waals surface area contributed by atoms with Gasteiger partial charge in [0.1, 0.15) is 6.10 Å². The monoisotopic (exact) mass is 825 g/mol. The molecule has 340 valence electrons. The zero-order chi connectivity index (χ0) is 42.7. The molecule has 4 aliphatic carbocycles. The molecule has 0 aromatic heterocycles. The number of alkyl carbamates (subject to hydrolysis) is 1. The number of nitrogens with two attached hydrogens (primary N) is 1. The van der Waals surface area contributed by atoms with Gasteiger partial charge in [0.25, 0.3) is 0 Å². The first-order valence-corrected chi connectivity index (χ1v) is 25.3. The Bertz CT molecular complexity index is 1290. The van der Waals surface area contributed by atoms with Crippen molar-refractivity contribution < 1.29 is 19.1 Å². The number of fused-ring (bicyclic) bond motifs is 5. The summed E-state index contributed by atoms with van der Waals surface area (Å²) in [6.07, 6.45) is 31.8. The van der Waals surface area contributed by atoms with Gasteiger partial charge in [-0.3, -0.25) is 9.59 Å². The molecule has 8 heteroatoms. The minimum Gasteiger partial charge on any atom is -0.446 e. The molecule has 59 heavy (non-hydrogen) atoms. The third-order valence-corrected chi connectivity index (χ3v) is 16.0. The van der Waals surface area contributed by atoms with Crippen molar-refractivity contribution in [3.63, 3.8) is 0 Å². The normalized spacial score (nSPS) is 27.9. The Hall–Kier alpha value is -2.09. The second-order valence-corrected chi connectivity index (χ2v) is 20.8. The lowest BCUT2D eigenvalue weighted by Crippen LogP contribution is -2.51. The van der Waals surface area contributed by atoms with E-state index in [4.69, 9.17) is 10.5 Å². The average molecular weight is 825 g/mol. The van der Waals surface area contributed by atoms with Gasteiger partial charge in [0.2, 0.25) is 11.8 Å². The standard InChI is InChI=1S/C51H92N4O4/c1-7-8-9-10-11-12-13-14-17-24-48(57)55(38-47(56)53-34-19-16-15-18-33-52)36-21-35-54-49(58)59-42-29-31-50(5)41(37-42)25-26-43-45-28-27-44(40(4)23-20-22-39(2)3)51(45,6)32-30-46(43)50/h25,39-40,42-46H,7-24,26-38,52H2,1-6H3,(H,53,56)(H,54,58)/t40-,42+,43+,44-,45+,46+,50+,51-/m1/s1. The summed E-state index contributed by atoms with van der Waals surface area (Å²) >= 11 is 0. The van der Waals surface area contributed by atoms with Crippen molar-refractivity contribution in [2.24, 2.45) is 52.1 Å². The van der Waals surface area contributed by atoms with Gasteiger partial charge >= 0.3 is 6.09 Å². The molecule has 0 spiro atoms. The fourth-order valence-corrected chi connectivity index (χ4v) is 12.5. The first-order chi connectivity index (χ1) is 28.4. The second kappa shape index (κ2) is 25.8. The number of carbonyl (C=O) groups is 3. The Morgan fingerprint density at radius 2 is 1.49 bits per heavy atom. The molecule has 0 radical (unpaired) electrons. The van der Waals surface area contributed by atoms with Crippen LogP contribution in [0.15, 0.2) is 11.6 Å². The predicted molar refractivity (Wildman–Crippen MR) is 245 cm³/mol. The Balaban J connectivity index is 1.21. The maximum Gasteiger partial charge on any atom is 0.407 e. The van der Waals surface area contributed by atoms with Gasteiger partial charge in [-0.1, -0.05) is 137 Å². The van der Waals surface area contributed by atoms with Crippen LogP contribution in [0, 0.1) is 46.3 Å². The lowest BCUT2D eigenvalue weighted by molar-refractivity contribution is -0.136. The number of hydrogen-bond acceptors (Lipinski definition) is 5. The number of rotatable bonds is 28. The molecule has 8 atom stereocenters. The van der Waals surface area contributed by atoms with E-state index in [0.29, 0.717) is 44.4 Å². The summed E-state index contributed by atoms with van der Waals surface area (Å²) in [5.41, 5.74) is 7.86. The van der Waals surface area contributed by atoms with E-state index >= 15 is 0 Å². The maximum atomic E-state index is 13.3. The van der Waals surface area contributed by atoms with E-state index < -0.39 is 0 Å². The van der Waals surface area contributed by atoms with Crippen molar-refractivity contribution >= 4 is 17.9 Å². The largest absolute Gasteiger partial charge is 0.446 e. The summed E-state index contributed by atoms with van der Waals surface area (Å²) < 4.78 is 6.06. The first kappa shape index (κ1) is 49.6. The minimum absolute atomic E-state index is 0.0314. The highest BCUT2D eigenvalue weighted by Crippen LogP contribution is 2.67. The number of nitrogens with one attached hydrogen (secondary N) is 2. The van der Waals surface area contributed by atoms with E-state index in [-0.39, 0.29) is 36.0 Å². The molecule has 0 aliphatic heterocycles. The Morgan fingerprint density at radius 3 is 2.22 bits per heavy atom. The summed E-state index contributed by atoms with van der Waals surface area (Å²) in [6.45, 7) is 17.0. The molecule has 4 aliphatic rings. The van der Waals surface area contributed by atoms with Crippen molar-refractivity contribution in [1.82, 2.24) is 15.5 Å². The molecule has 0 saturated heterocycles. The average Bonchev–Trinajstić information content (AvgIpc) is 3.57. The first-order valence-electron chi connectivity index (χ1n) is 25.3. The van der Waals surface area contributed by atoms with Crippen molar-refractivity contribution in [3.8, 4) is 0 Å². The van der Waals surface area contributed by atoms with Crippen LogP contribution in [-0.2, 0) is 14.3 Å². The smallest absolute Gasteiger partial charge is 0.407 e. The molecule has 3 saturated carbocycles. The van der Waals surface area contributed by atoms with Gasteiger partial charge in [-0.15, -0.1) is 0 Å². The van der Waals surface area contributed by atoms with E-state index in [1.54, 1.807) is 4.90 Å². The maximum absolute atomic E-state index is 13.3. The SMILES string of the molecule is CCCCCCCCCCCC(=O)N(CCCNC(=O)O[C@H]1CC[C@@]2(C)C(=CC[C@H]3[C@@H]4CC[C@H]([C@H](C)CCCC(C)C)[C@@]4(C)CC[C@@H]32)C1)CC(=O)NCCCCCCN. The summed E-state index contributed by atoms with van der Waals surface area (Å²) in [6, 6.07) is 0. The molecular formula is C51H92N4O4. The fourth-order valence-electron chi connectivity index (χ4n) is 12.5. The number of allylic oxidation sites excluding steroid dienone is 1. The van der Waals surface area contributed by atoms with Crippen LogP contribution in [0.4, 0.5) is 4.79 Å². The molecule has 0 aromatic rings. The van der Waals surface area contributed by atoms with Gasteiger partial charge in [0.15, 0.2) is 0 Å². The van der Waals surface area contributed by atoms with E-state index in [9.17, 15) is 14.4 Å². The number of amides is 3. The van der Waals surface area contributed by atoms with Crippen LogP contribution in [0.25, 0.3) is 0 Å². The van der Waals surface area contributed by atoms with Crippen LogP contribution in [0.2, 0.25) is 0 Å². The van der Waals surface area contributed by atoms with Gasteiger partial charge in [-0.2, -0.15) is 0 Å². The zero-order valence-corrected chi connectivity index (χ0v) is 39.2. The lowest BCUT2D eigenvalue weighted by Gasteiger charge is -2.58.